The number of carbonyl (C=O) groups is 2. The van der Waals surface area contributed by atoms with E-state index in [1.807, 2.05) is 0 Å². The van der Waals surface area contributed by atoms with E-state index < -0.39 is 30.2 Å². The predicted octanol–water partition coefficient (Wildman–Crippen LogP) is 0.806. The second-order valence-corrected chi connectivity index (χ2v) is 4.68. The molecule has 0 unspecified atom stereocenters. The number of aliphatic hydroxyl groups excluding tert-OH is 1. The normalized spacial score (nSPS) is 18.7. The average molecular weight is 298 g/mol. The Morgan fingerprint density at radius 3 is 2.30 bits per heavy atom. The summed E-state index contributed by atoms with van der Waals surface area (Å²) in [4.78, 5) is 23.2. The van der Waals surface area contributed by atoms with Crippen molar-refractivity contribution in [3.8, 4) is 0 Å². The maximum atomic E-state index is 12.4. The number of hydrogen-bond donors (Lipinski definition) is 3. The summed E-state index contributed by atoms with van der Waals surface area (Å²) in [6, 6.07) is -0.539. The van der Waals surface area contributed by atoms with E-state index in [-0.39, 0.29) is 38.9 Å². The number of rotatable bonds is 4. The van der Waals surface area contributed by atoms with Gasteiger partial charge in [0.15, 0.2) is 6.10 Å². The number of piperidine rings is 1. The number of alkyl halides is 3. The molecule has 20 heavy (non-hydrogen) atoms. The Morgan fingerprint density at radius 2 is 1.85 bits per heavy atom. The van der Waals surface area contributed by atoms with Crippen LogP contribution in [-0.4, -0.2) is 59.0 Å². The maximum Gasteiger partial charge on any atom is 0.391 e. The molecule has 1 atom stereocenters. The van der Waals surface area contributed by atoms with Crippen molar-refractivity contribution in [3.63, 3.8) is 0 Å². The first-order chi connectivity index (χ1) is 9.21. The van der Waals surface area contributed by atoms with Crippen LogP contribution in [0, 0.1) is 5.92 Å². The van der Waals surface area contributed by atoms with Crippen molar-refractivity contribution in [1.29, 1.82) is 0 Å². The van der Waals surface area contributed by atoms with Crippen LogP contribution in [0.25, 0.3) is 0 Å². The van der Waals surface area contributed by atoms with E-state index >= 15 is 0 Å². The van der Waals surface area contributed by atoms with Gasteiger partial charge in [0.1, 0.15) is 0 Å². The van der Waals surface area contributed by atoms with Crippen molar-refractivity contribution < 1.29 is 33.0 Å². The number of aliphatic hydroxyl groups is 1. The molecule has 1 rings (SSSR count). The van der Waals surface area contributed by atoms with Crippen LogP contribution in [0.15, 0.2) is 0 Å². The Morgan fingerprint density at radius 1 is 1.30 bits per heavy atom. The molecule has 6 nitrogen and oxygen atoms in total. The number of carboxylic acid groups (broad SMARTS) is 1. The Hall–Kier alpha value is -1.51. The molecule has 1 fully saturated rings. The van der Waals surface area contributed by atoms with Gasteiger partial charge in [0.25, 0.3) is 0 Å². The fraction of sp³-hybridized carbons (Fsp3) is 0.818. The van der Waals surface area contributed by atoms with Gasteiger partial charge >= 0.3 is 18.2 Å². The van der Waals surface area contributed by atoms with Crippen molar-refractivity contribution in [1.82, 2.24) is 10.2 Å². The lowest BCUT2D eigenvalue weighted by Crippen LogP contribution is -2.47. The molecule has 0 radical (unpaired) electrons. The molecule has 1 aliphatic heterocycles. The molecule has 0 aromatic carbocycles. The highest BCUT2D eigenvalue weighted by molar-refractivity contribution is 5.74. The van der Waals surface area contributed by atoms with Crippen molar-refractivity contribution in [2.75, 3.05) is 19.6 Å². The van der Waals surface area contributed by atoms with Crippen LogP contribution in [0.1, 0.15) is 19.3 Å². The second-order valence-electron chi connectivity index (χ2n) is 4.68. The summed E-state index contributed by atoms with van der Waals surface area (Å²) >= 11 is 0. The number of aliphatic carboxylic acids is 1. The second kappa shape index (κ2) is 6.78. The zero-order valence-electron chi connectivity index (χ0n) is 10.7. The summed E-state index contributed by atoms with van der Waals surface area (Å²) in [5.41, 5.74) is 0. The molecule has 3 N–H and O–H groups in total. The molecule has 2 amide bonds. The molecule has 0 bridgehead atoms. The largest absolute Gasteiger partial charge is 0.479 e. The van der Waals surface area contributed by atoms with E-state index in [9.17, 15) is 22.8 Å². The number of carboxylic acids is 1. The summed E-state index contributed by atoms with van der Waals surface area (Å²) in [7, 11) is 0. The van der Waals surface area contributed by atoms with Gasteiger partial charge in [-0.1, -0.05) is 0 Å². The van der Waals surface area contributed by atoms with Crippen LogP contribution in [0.5, 0.6) is 0 Å². The van der Waals surface area contributed by atoms with Crippen LogP contribution < -0.4 is 5.32 Å². The van der Waals surface area contributed by atoms with Crippen LogP contribution in [0.2, 0.25) is 0 Å². The third-order valence-corrected chi connectivity index (χ3v) is 3.22. The standard InChI is InChI=1S/C11H17F3N2O4/c12-11(13,14)7-2-5-16(6-3-7)10(20)15-4-1-8(17)9(18)19/h7-8,17H,1-6H2,(H,15,20)(H,18,19)/t8-/m0/s1. The number of urea groups is 1. The summed E-state index contributed by atoms with van der Waals surface area (Å²) in [6.45, 7) is -0.0273. The van der Waals surface area contributed by atoms with Gasteiger partial charge in [-0.2, -0.15) is 13.2 Å². The molecule has 0 spiro atoms. The average Bonchev–Trinajstić information content (AvgIpc) is 2.37. The van der Waals surface area contributed by atoms with Gasteiger partial charge in [-0.05, 0) is 12.8 Å². The molecule has 0 aromatic rings. The van der Waals surface area contributed by atoms with Gasteiger partial charge in [0, 0.05) is 26.1 Å². The van der Waals surface area contributed by atoms with Gasteiger partial charge < -0.3 is 20.4 Å². The monoisotopic (exact) mass is 298 g/mol. The Kier molecular flexibility index (Phi) is 5.61. The first kappa shape index (κ1) is 16.5. The fourth-order valence-electron chi connectivity index (χ4n) is 1.96. The highest BCUT2D eigenvalue weighted by atomic mass is 19.4. The number of nitrogens with zero attached hydrogens (tertiary/aromatic N) is 1. The Balaban J connectivity index is 2.28. The van der Waals surface area contributed by atoms with Crippen LogP contribution in [0.4, 0.5) is 18.0 Å². The van der Waals surface area contributed by atoms with Gasteiger partial charge in [-0.25, -0.2) is 9.59 Å². The number of amides is 2. The molecule has 1 saturated heterocycles. The van der Waals surface area contributed by atoms with E-state index in [4.69, 9.17) is 10.2 Å². The first-order valence-electron chi connectivity index (χ1n) is 6.22. The Bertz CT molecular complexity index is 354. The van der Waals surface area contributed by atoms with Gasteiger partial charge in [-0.15, -0.1) is 0 Å². The van der Waals surface area contributed by atoms with Gasteiger partial charge in [0.05, 0.1) is 5.92 Å². The minimum atomic E-state index is -4.23. The van der Waals surface area contributed by atoms with Crippen molar-refractivity contribution in [2.45, 2.75) is 31.5 Å². The van der Waals surface area contributed by atoms with Crippen LogP contribution in [-0.2, 0) is 4.79 Å². The summed E-state index contributed by atoms with van der Waals surface area (Å²) in [5, 5.41) is 19.8. The maximum absolute atomic E-state index is 12.4. The van der Waals surface area contributed by atoms with E-state index in [2.05, 4.69) is 5.32 Å². The minimum absolute atomic E-state index is 0.0114. The molecule has 0 saturated carbocycles. The van der Waals surface area contributed by atoms with Gasteiger partial charge in [0.2, 0.25) is 0 Å². The lowest BCUT2D eigenvalue weighted by atomic mass is 9.96. The van der Waals surface area contributed by atoms with E-state index in [1.165, 1.54) is 4.90 Å². The number of hydrogen-bond acceptors (Lipinski definition) is 3. The number of likely N-dealkylation sites (tertiary alicyclic amines) is 1. The molecular formula is C11H17F3N2O4. The molecule has 116 valence electrons. The van der Waals surface area contributed by atoms with Gasteiger partial charge in [-0.3, -0.25) is 0 Å². The quantitative estimate of drug-likeness (QED) is 0.716. The Labute approximate surface area is 113 Å². The zero-order valence-corrected chi connectivity index (χ0v) is 10.7. The smallest absolute Gasteiger partial charge is 0.391 e. The SMILES string of the molecule is O=C(O)[C@@H](O)CCNC(=O)N1CCC(C(F)(F)F)CC1. The van der Waals surface area contributed by atoms with E-state index in [0.29, 0.717) is 0 Å². The number of nitrogens with one attached hydrogen (secondary N) is 1. The molecule has 0 aliphatic carbocycles. The highest BCUT2D eigenvalue weighted by Gasteiger charge is 2.41. The molecule has 1 aliphatic rings. The molecular weight excluding hydrogens is 281 g/mol. The predicted molar refractivity (Wildman–Crippen MR) is 62.0 cm³/mol. The molecule has 0 aromatic heterocycles. The summed E-state index contributed by atoms with van der Waals surface area (Å²) < 4.78 is 37.3. The molecule has 9 heteroatoms. The van der Waals surface area contributed by atoms with Crippen LogP contribution >= 0.6 is 0 Å². The van der Waals surface area contributed by atoms with E-state index in [0.717, 1.165) is 0 Å². The van der Waals surface area contributed by atoms with Crippen molar-refractivity contribution >= 4 is 12.0 Å². The lowest BCUT2D eigenvalue weighted by Gasteiger charge is -2.32. The topological polar surface area (TPSA) is 89.9 Å². The minimum Gasteiger partial charge on any atom is -0.479 e. The van der Waals surface area contributed by atoms with E-state index in [1.54, 1.807) is 0 Å². The van der Waals surface area contributed by atoms with Crippen LogP contribution in [0.3, 0.4) is 0 Å². The summed E-state index contributed by atoms with van der Waals surface area (Å²) in [6.07, 6.45) is -6.20. The zero-order chi connectivity index (χ0) is 15.3. The highest BCUT2D eigenvalue weighted by Crippen LogP contribution is 2.33. The first-order valence-corrected chi connectivity index (χ1v) is 6.22. The summed E-state index contributed by atoms with van der Waals surface area (Å²) in [5.74, 6) is -2.76. The van der Waals surface area contributed by atoms with Crippen molar-refractivity contribution in [2.24, 2.45) is 5.92 Å². The molecule has 1 heterocycles. The third kappa shape index (κ3) is 4.87. The lowest BCUT2D eigenvalue weighted by molar-refractivity contribution is -0.183. The van der Waals surface area contributed by atoms with Crippen molar-refractivity contribution in [3.05, 3.63) is 0 Å². The third-order valence-electron chi connectivity index (χ3n) is 3.22. The fourth-order valence-corrected chi connectivity index (χ4v) is 1.96. The number of carbonyl (C=O) groups excluding carboxylic acids is 1. The number of halogens is 3.